The molecule has 0 aliphatic rings. The predicted molar refractivity (Wildman–Crippen MR) is 113 cm³/mol. The Balaban J connectivity index is 1.70. The fourth-order valence-corrected chi connectivity index (χ4v) is 3.39. The highest BCUT2D eigenvalue weighted by atomic mass is 16.5. The van der Waals surface area contributed by atoms with Crippen LogP contribution in [0.15, 0.2) is 66.7 Å². The number of hydrogen-bond acceptors (Lipinski definition) is 4. The molecule has 1 aromatic heterocycles. The number of aryl methyl sites for hydroxylation is 2. The van der Waals surface area contributed by atoms with E-state index >= 15 is 0 Å². The summed E-state index contributed by atoms with van der Waals surface area (Å²) in [5.41, 5.74) is 4.24. The van der Waals surface area contributed by atoms with Crippen LogP contribution in [0.4, 0.5) is 0 Å². The van der Waals surface area contributed by atoms with Crippen LogP contribution in [0.5, 0.6) is 5.88 Å². The molecule has 146 valence electrons. The number of carbonyl (C=O) groups excluding carboxylic acids is 1. The van der Waals surface area contributed by atoms with Gasteiger partial charge in [-0.25, -0.2) is 4.79 Å². The van der Waals surface area contributed by atoms with E-state index in [0.29, 0.717) is 23.7 Å². The number of ether oxygens (including phenoxy) is 2. The Hall–Kier alpha value is -3.44. The van der Waals surface area contributed by atoms with Gasteiger partial charge in [0, 0.05) is 13.2 Å². The summed E-state index contributed by atoms with van der Waals surface area (Å²) in [6, 6.07) is 21.2. The summed E-state index contributed by atoms with van der Waals surface area (Å²) in [5, 5.41) is 6.64. The lowest BCUT2D eigenvalue weighted by molar-refractivity contribution is 0.0723. The Kier molecular flexibility index (Phi) is 5.14. The van der Waals surface area contributed by atoms with Crippen molar-refractivity contribution in [2.75, 3.05) is 7.11 Å². The lowest BCUT2D eigenvalue weighted by atomic mass is 10.1. The zero-order chi connectivity index (χ0) is 20.4. The van der Waals surface area contributed by atoms with E-state index in [1.807, 2.05) is 62.4 Å². The summed E-state index contributed by atoms with van der Waals surface area (Å²) in [6.45, 7) is 4.38. The van der Waals surface area contributed by atoms with E-state index in [1.54, 1.807) is 23.9 Å². The summed E-state index contributed by atoms with van der Waals surface area (Å²) in [5.74, 6) is -0.0622. The van der Waals surface area contributed by atoms with Crippen molar-refractivity contribution >= 4 is 16.7 Å². The fraction of sp³-hybridized carbons (Fsp3) is 0.167. The van der Waals surface area contributed by atoms with E-state index < -0.39 is 5.97 Å². The van der Waals surface area contributed by atoms with Gasteiger partial charge in [0.1, 0.15) is 0 Å². The van der Waals surface area contributed by atoms with Crippen LogP contribution in [0.1, 0.15) is 27.2 Å². The van der Waals surface area contributed by atoms with Gasteiger partial charge >= 0.3 is 5.97 Å². The van der Waals surface area contributed by atoms with Gasteiger partial charge in [0.05, 0.1) is 23.6 Å². The summed E-state index contributed by atoms with van der Waals surface area (Å²) in [4.78, 5) is 12.9. The molecule has 0 saturated carbocycles. The summed E-state index contributed by atoms with van der Waals surface area (Å²) in [6.07, 6.45) is 0. The number of fused-ring (bicyclic) bond motifs is 1. The van der Waals surface area contributed by atoms with E-state index in [2.05, 4.69) is 11.2 Å². The van der Waals surface area contributed by atoms with Crippen LogP contribution in [0.2, 0.25) is 0 Å². The summed E-state index contributed by atoms with van der Waals surface area (Å²) in [7, 11) is 1.61. The molecule has 4 aromatic rings. The van der Waals surface area contributed by atoms with Crippen LogP contribution in [-0.2, 0) is 11.3 Å². The number of rotatable bonds is 5. The van der Waals surface area contributed by atoms with Gasteiger partial charge in [-0.1, -0.05) is 48.0 Å². The van der Waals surface area contributed by atoms with Gasteiger partial charge in [0.25, 0.3) is 0 Å². The number of nitrogens with zero attached hydrogens (tertiary/aromatic N) is 2. The first-order valence-electron chi connectivity index (χ1n) is 9.41. The standard InChI is InChI=1S/C24H22N2O3/c1-16-8-11-22(17(2)12-16)26-23(14-21(25-26)15-28-3)29-24(27)20-10-9-18-6-4-5-7-19(18)13-20/h4-14H,15H2,1-3H3. The molecule has 5 nitrogen and oxygen atoms in total. The second kappa shape index (κ2) is 7.89. The van der Waals surface area contributed by atoms with Gasteiger partial charge in [0.15, 0.2) is 0 Å². The average Bonchev–Trinajstić information content (AvgIpc) is 3.09. The molecule has 5 heteroatoms. The van der Waals surface area contributed by atoms with E-state index in [9.17, 15) is 4.79 Å². The topological polar surface area (TPSA) is 53.4 Å². The highest BCUT2D eigenvalue weighted by Gasteiger charge is 2.17. The molecule has 3 aromatic carbocycles. The van der Waals surface area contributed by atoms with Gasteiger partial charge < -0.3 is 9.47 Å². The monoisotopic (exact) mass is 386 g/mol. The zero-order valence-electron chi connectivity index (χ0n) is 16.7. The Morgan fingerprint density at radius 3 is 2.52 bits per heavy atom. The van der Waals surface area contributed by atoms with Crippen molar-refractivity contribution in [2.24, 2.45) is 0 Å². The van der Waals surface area contributed by atoms with Gasteiger partial charge in [-0.05, 0) is 48.4 Å². The number of aromatic nitrogens is 2. The third-order valence-electron chi connectivity index (χ3n) is 4.78. The highest BCUT2D eigenvalue weighted by molar-refractivity contribution is 5.96. The van der Waals surface area contributed by atoms with Crippen LogP contribution in [0.25, 0.3) is 16.5 Å². The quantitative estimate of drug-likeness (QED) is 0.453. The number of methoxy groups -OCH3 is 1. The maximum atomic E-state index is 12.9. The molecule has 0 N–H and O–H groups in total. The maximum Gasteiger partial charge on any atom is 0.344 e. The molecule has 29 heavy (non-hydrogen) atoms. The molecule has 0 atom stereocenters. The van der Waals surface area contributed by atoms with Gasteiger partial charge in [-0.15, -0.1) is 0 Å². The average molecular weight is 386 g/mol. The van der Waals surface area contributed by atoms with Crippen molar-refractivity contribution in [1.82, 2.24) is 9.78 Å². The largest absolute Gasteiger partial charge is 0.404 e. The molecule has 0 spiro atoms. The minimum absolute atomic E-state index is 0.332. The van der Waals surface area contributed by atoms with E-state index in [0.717, 1.165) is 27.6 Å². The van der Waals surface area contributed by atoms with Crippen molar-refractivity contribution in [1.29, 1.82) is 0 Å². The highest BCUT2D eigenvalue weighted by Crippen LogP contribution is 2.25. The van der Waals surface area contributed by atoms with Gasteiger partial charge in [-0.2, -0.15) is 9.78 Å². The molecule has 0 aliphatic carbocycles. The van der Waals surface area contributed by atoms with Gasteiger partial charge in [0.2, 0.25) is 5.88 Å². The molecule has 0 unspecified atom stereocenters. The van der Waals surface area contributed by atoms with Crippen LogP contribution in [0.3, 0.4) is 0 Å². The van der Waals surface area contributed by atoms with E-state index in [1.165, 1.54) is 0 Å². The van der Waals surface area contributed by atoms with Crippen molar-refractivity contribution in [3.63, 3.8) is 0 Å². The van der Waals surface area contributed by atoms with Crippen molar-refractivity contribution in [3.8, 4) is 11.6 Å². The minimum Gasteiger partial charge on any atom is -0.404 e. The Morgan fingerprint density at radius 2 is 1.76 bits per heavy atom. The molecule has 0 saturated heterocycles. The Bertz CT molecular complexity index is 1190. The van der Waals surface area contributed by atoms with Crippen LogP contribution in [0, 0.1) is 13.8 Å². The number of esters is 1. The molecule has 0 aliphatic heterocycles. The molecular weight excluding hydrogens is 364 g/mol. The Labute approximate surface area is 169 Å². The first-order valence-corrected chi connectivity index (χ1v) is 9.41. The first-order chi connectivity index (χ1) is 14.0. The summed E-state index contributed by atoms with van der Waals surface area (Å²) < 4.78 is 12.6. The molecule has 0 amide bonds. The first kappa shape index (κ1) is 18.9. The van der Waals surface area contributed by atoms with E-state index in [-0.39, 0.29) is 0 Å². The fourth-order valence-electron chi connectivity index (χ4n) is 3.39. The van der Waals surface area contributed by atoms with Crippen molar-refractivity contribution in [2.45, 2.75) is 20.5 Å². The molecule has 1 heterocycles. The van der Waals surface area contributed by atoms with Crippen LogP contribution >= 0.6 is 0 Å². The number of benzene rings is 3. The van der Waals surface area contributed by atoms with Crippen LogP contribution in [-0.4, -0.2) is 22.9 Å². The normalized spacial score (nSPS) is 11.0. The molecule has 4 rings (SSSR count). The smallest absolute Gasteiger partial charge is 0.344 e. The third kappa shape index (κ3) is 3.91. The molecule has 0 radical (unpaired) electrons. The van der Waals surface area contributed by atoms with E-state index in [4.69, 9.17) is 9.47 Å². The predicted octanol–water partition coefficient (Wildman–Crippen LogP) is 5.01. The second-order valence-electron chi connectivity index (χ2n) is 7.06. The van der Waals surface area contributed by atoms with Gasteiger partial charge in [-0.3, -0.25) is 0 Å². The molecule has 0 bridgehead atoms. The minimum atomic E-state index is -0.425. The summed E-state index contributed by atoms with van der Waals surface area (Å²) >= 11 is 0. The lowest BCUT2D eigenvalue weighted by Crippen LogP contribution is -2.12. The van der Waals surface area contributed by atoms with Crippen molar-refractivity contribution in [3.05, 3.63) is 89.1 Å². The van der Waals surface area contributed by atoms with Crippen molar-refractivity contribution < 1.29 is 14.3 Å². The zero-order valence-corrected chi connectivity index (χ0v) is 16.7. The maximum absolute atomic E-state index is 12.9. The third-order valence-corrected chi connectivity index (χ3v) is 4.78. The molecular formula is C24H22N2O3. The number of hydrogen-bond donors (Lipinski definition) is 0. The Morgan fingerprint density at radius 1 is 0.966 bits per heavy atom. The number of carbonyl (C=O) groups is 1. The molecule has 0 fully saturated rings. The SMILES string of the molecule is COCc1cc(OC(=O)c2ccc3ccccc3c2)n(-c2ccc(C)cc2C)n1. The lowest BCUT2D eigenvalue weighted by Gasteiger charge is -2.11. The second-order valence-corrected chi connectivity index (χ2v) is 7.06. The van der Waals surface area contributed by atoms with Crippen LogP contribution < -0.4 is 4.74 Å².